The molecular formula is C10H6BrNO2. The maximum atomic E-state index is 10.6. The molecule has 0 fully saturated rings. The Bertz CT molecular complexity index is 447. The van der Waals surface area contributed by atoms with E-state index in [1.807, 2.05) is 24.3 Å². The fourth-order valence-electron chi connectivity index (χ4n) is 1.16. The third-order valence-corrected chi connectivity index (χ3v) is 2.35. The van der Waals surface area contributed by atoms with Gasteiger partial charge in [-0.15, -0.1) is 0 Å². The Hall–Kier alpha value is -1.42. The van der Waals surface area contributed by atoms with Gasteiger partial charge in [0.15, 0.2) is 18.4 Å². The summed E-state index contributed by atoms with van der Waals surface area (Å²) in [5.74, 6) is 0.257. The van der Waals surface area contributed by atoms with E-state index >= 15 is 0 Å². The lowest BCUT2D eigenvalue weighted by molar-refractivity contribution is 0.110. The van der Waals surface area contributed by atoms with Crippen molar-refractivity contribution in [2.24, 2.45) is 0 Å². The Balaban J connectivity index is 2.49. The van der Waals surface area contributed by atoms with E-state index in [0.29, 0.717) is 12.0 Å². The number of halogens is 1. The molecule has 0 amide bonds. The first-order valence-corrected chi connectivity index (χ1v) is 4.75. The van der Waals surface area contributed by atoms with Crippen molar-refractivity contribution >= 4 is 22.2 Å². The van der Waals surface area contributed by atoms with Gasteiger partial charge in [0.05, 0.1) is 0 Å². The molecule has 1 aromatic heterocycles. The lowest BCUT2D eigenvalue weighted by Gasteiger charge is -1.96. The van der Waals surface area contributed by atoms with E-state index in [9.17, 15) is 4.79 Å². The zero-order chi connectivity index (χ0) is 9.97. The van der Waals surface area contributed by atoms with Crippen LogP contribution >= 0.6 is 15.9 Å². The van der Waals surface area contributed by atoms with Gasteiger partial charge >= 0.3 is 0 Å². The van der Waals surface area contributed by atoms with Gasteiger partial charge in [-0.3, -0.25) is 4.79 Å². The van der Waals surface area contributed by atoms with E-state index in [4.69, 9.17) is 4.42 Å². The van der Waals surface area contributed by atoms with Crippen LogP contribution in [0.2, 0.25) is 0 Å². The molecule has 0 unspecified atom stereocenters. The Kier molecular flexibility index (Phi) is 2.45. The number of nitrogens with zero attached hydrogens (tertiary/aromatic N) is 1. The van der Waals surface area contributed by atoms with Crippen LogP contribution in [0.4, 0.5) is 0 Å². The SMILES string of the molecule is O=Cc1ocnc1-c1ccc(Br)cc1. The van der Waals surface area contributed by atoms with Crippen LogP contribution in [0, 0.1) is 0 Å². The maximum Gasteiger partial charge on any atom is 0.194 e. The van der Waals surface area contributed by atoms with Crippen LogP contribution in [0.3, 0.4) is 0 Å². The highest BCUT2D eigenvalue weighted by Gasteiger charge is 2.08. The molecule has 14 heavy (non-hydrogen) atoms. The molecule has 1 heterocycles. The van der Waals surface area contributed by atoms with E-state index in [1.54, 1.807) is 0 Å². The summed E-state index contributed by atoms with van der Waals surface area (Å²) in [6, 6.07) is 7.51. The van der Waals surface area contributed by atoms with E-state index < -0.39 is 0 Å². The van der Waals surface area contributed by atoms with Crippen LogP contribution in [0.5, 0.6) is 0 Å². The summed E-state index contributed by atoms with van der Waals surface area (Å²) in [5, 5.41) is 0. The molecule has 1 aromatic carbocycles. The molecule has 0 N–H and O–H groups in total. The summed E-state index contributed by atoms with van der Waals surface area (Å²) < 4.78 is 5.89. The highest BCUT2D eigenvalue weighted by atomic mass is 79.9. The average Bonchev–Trinajstić information content (AvgIpc) is 2.67. The predicted octanol–water partition coefficient (Wildman–Crippen LogP) is 2.92. The van der Waals surface area contributed by atoms with Gasteiger partial charge in [0.25, 0.3) is 0 Å². The first kappa shape index (κ1) is 9.15. The molecule has 0 atom stereocenters. The summed E-state index contributed by atoms with van der Waals surface area (Å²) in [6.45, 7) is 0. The molecule has 70 valence electrons. The number of rotatable bonds is 2. The standard InChI is InChI=1S/C10H6BrNO2/c11-8-3-1-7(2-4-8)10-9(5-13)14-6-12-10/h1-6H. The van der Waals surface area contributed by atoms with Gasteiger partial charge in [0.1, 0.15) is 5.69 Å². The molecule has 0 bridgehead atoms. The first-order chi connectivity index (χ1) is 6.81. The lowest BCUT2D eigenvalue weighted by Crippen LogP contribution is -1.83. The van der Waals surface area contributed by atoms with Gasteiger partial charge < -0.3 is 4.42 Å². The van der Waals surface area contributed by atoms with Crippen molar-refractivity contribution in [1.82, 2.24) is 4.98 Å². The highest BCUT2D eigenvalue weighted by molar-refractivity contribution is 9.10. The van der Waals surface area contributed by atoms with Crippen LogP contribution in [0.1, 0.15) is 10.6 Å². The van der Waals surface area contributed by atoms with Gasteiger partial charge in [-0.2, -0.15) is 0 Å². The molecule has 0 saturated carbocycles. The van der Waals surface area contributed by atoms with E-state index in [2.05, 4.69) is 20.9 Å². The van der Waals surface area contributed by atoms with Crippen LogP contribution in [0.15, 0.2) is 39.5 Å². The second-order valence-corrected chi connectivity index (χ2v) is 3.61. The second kappa shape index (κ2) is 3.75. The molecule has 2 aromatic rings. The summed E-state index contributed by atoms with van der Waals surface area (Å²) in [5.41, 5.74) is 1.44. The number of carbonyl (C=O) groups excluding carboxylic acids is 1. The van der Waals surface area contributed by atoms with Crippen LogP contribution in [0.25, 0.3) is 11.3 Å². The van der Waals surface area contributed by atoms with Gasteiger partial charge in [-0.05, 0) is 12.1 Å². The number of aromatic nitrogens is 1. The minimum atomic E-state index is 0.257. The van der Waals surface area contributed by atoms with Crippen molar-refractivity contribution in [3.63, 3.8) is 0 Å². The maximum absolute atomic E-state index is 10.6. The molecule has 2 rings (SSSR count). The highest BCUT2D eigenvalue weighted by Crippen LogP contribution is 2.22. The van der Waals surface area contributed by atoms with Crippen molar-refractivity contribution in [3.05, 3.63) is 40.9 Å². The van der Waals surface area contributed by atoms with Crippen molar-refractivity contribution < 1.29 is 9.21 Å². The number of benzene rings is 1. The zero-order valence-corrected chi connectivity index (χ0v) is 8.69. The molecule has 0 spiro atoms. The Labute approximate surface area is 88.9 Å². The van der Waals surface area contributed by atoms with Gasteiger partial charge in [-0.1, -0.05) is 28.1 Å². The topological polar surface area (TPSA) is 43.1 Å². The Morgan fingerprint density at radius 3 is 2.64 bits per heavy atom. The van der Waals surface area contributed by atoms with Crippen molar-refractivity contribution in [2.45, 2.75) is 0 Å². The van der Waals surface area contributed by atoms with Crippen LogP contribution < -0.4 is 0 Å². The third-order valence-electron chi connectivity index (χ3n) is 1.82. The normalized spacial score (nSPS) is 10.1. The molecule has 0 aliphatic carbocycles. The number of oxazole rings is 1. The zero-order valence-electron chi connectivity index (χ0n) is 7.11. The van der Waals surface area contributed by atoms with E-state index in [-0.39, 0.29) is 5.76 Å². The number of hydrogen-bond acceptors (Lipinski definition) is 3. The molecule has 0 saturated heterocycles. The second-order valence-electron chi connectivity index (χ2n) is 2.69. The van der Waals surface area contributed by atoms with Crippen molar-refractivity contribution in [2.75, 3.05) is 0 Å². The predicted molar refractivity (Wildman–Crippen MR) is 55.0 cm³/mol. The monoisotopic (exact) mass is 251 g/mol. The number of carbonyl (C=O) groups is 1. The summed E-state index contributed by atoms with van der Waals surface area (Å²) in [7, 11) is 0. The smallest absolute Gasteiger partial charge is 0.194 e. The first-order valence-electron chi connectivity index (χ1n) is 3.96. The molecule has 0 aliphatic heterocycles. The average molecular weight is 252 g/mol. The molecular weight excluding hydrogens is 246 g/mol. The van der Waals surface area contributed by atoms with Gasteiger partial charge in [-0.25, -0.2) is 4.98 Å². The minimum absolute atomic E-state index is 0.257. The van der Waals surface area contributed by atoms with Crippen molar-refractivity contribution in [1.29, 1.82) is 0 Å². The fraction of sp³-hybridized carbons (Fsp3) is 0. The minimum Gasteiger partial charge on any atom is -0.440 e. The lowest BCUT2D eigenvalue weighted by atomic mass is 10.1. The molecule has 3 nitrogen and oxygen atoms in total. The third kappa shape index (κ3) is 1.61. The molecule has 0 aliphatic rings. The number of hydrogen-bond donors (Lipinski definition) is 0. The van der Waals surface area contributed by atoms with Crippen LogP contribution in [-0.4, -0.2) is 11.3 Å². The van der Waals surface area contributed by atoms with Gasteiger partial charge in [0.2, 0.25) is 0 Å². The van der Waals surface area contributed by atoms with Gasteiger partial charge in [0, 0.05) is 10.0 Å². The quantitative estimate of drug-likeness (QED) is 0.771. The molecule has 4 heteroatoms. The largest absolute Gasteiger partial charge is 0.440 e. The molecule has 0 radical (unpaired) electrons. The van der Waals surface area contributed by atoms with Crippen LogP contribution in [-0.2, 0) is 0 Å². The summed E-state index contributed by atoms with van der Waals surface area (Å²) >= 11 is 3.33. The summed E-state index contributed by atoms with van der Waals surface area (Å²) in [6.07, 6.45) is 1.92. The Morgan fingerprint density at radius 1 is 1.29 bits per heavy atom. The fourth-order valence-corrected chi connectivity index (χ4v) is 1.43. The Morgan fingerprint density at radius 2 is 2.00 bits per heavy atom. The number of aldehydes is 1. The van der Waals surface area contributed by atoms with E-state index in [0.717, 1.165) is 10.0 Å². The summed E-state index contributed by atoms with van der Waals surface area (Å²) in [4.78, 5) is 14.6. The van der Waals surface area contributed by atoms with E-state index in [1.165, 1.54) is 6.39 Å². The van der Waals surface area contributed by atoms with Crippen molar-refractivity contribution in [3.8, 4) is 11.3 Å².